The standard InChI is InChI=1S/C24H35F2N5O2S.CH2O2/c1-7-8-18(28-19(32)13-15-11-16(25)14-17(26)12-15)20(33)29-22-31-30-21(34-22)24(5,6)9-10-27-23(2,3)4;2-1-3/h11-12,14,18,27H,7-10,13H2,1-6H3,(H,28,32)(H,29,31,33);1H,(H,2,3). The molecule has 0 saturated heterocycles. The number of carbonyl (C=O) groups is 3. The van der Waals surface area contributed by atoms with Crippen molar-refractivity contribution in [3.8, 4) is 0 Å². The van der Waals surface area contributed by atoms with Gasteiger partial charge in [-0.1, -0.05) is 38.5 Å². The third-order valence-corrected chi connectivity index (χ3v) is 6.36. The minimum absolute atomic E-state index is 0.0257. The van der Waals surface area contributed by atoms with E-state index < -0.39 is 29.5 Å². The first-order valence-corrected chi connectivity index (χ1v) is 12.7. The van der Waals surface area contributed by atoms with Crippen molar-refractivity contribution in [3.05, 3.63) is 40.4 Å². The number of benzene rings is 1. The smallest absolute Gasteiger partial charge is 0.290 e. The molecule has 1 unspecified atom stereocenters. The molecule has 0 radical (unpaired) electrons. The third-order valence-electron chi connectivity index (χ3n) is 5.16. The Hall–Kier alpha value is -2.99. The van der Waals surface area contributed by atoms with E-state index in [0.717, 1.165) is 36.2 Å². The van der Waals surface area contributed by atoms with E-state index >= 15 is 0 Å². The van der Waals surface area contributed by atoms with Crippen molar-refractivity contribution in [1.29, 1.82) is 0 Å². The van der Waals surface area contributed by atoms with Gasteiger partial charge in [-0.25, -0.2) is 8.78 Å². The number of halogens is 2. The number of nitrogens with zero attached hydrogens (tertiary/aromatic N) is 2. The Balaban J connectivity index is 0.00000217. The second-order valence-corrected chi connectivity index (χ2v) is 11.2. The maximum Gasteiger partial charge on any atom is 0.290 e. The van der Waals surface area contributed by atoms with Crippen molar-refractivity contribution < 1.29 is 28.3 Å². The summed E-state index contributed by atoms with van der Waals surface area (Å²) in [5.41, 5.74) is -0.00348. The lowest BCUT2D eigenvalue weighted by Gasteiger charge is -2.26. The van der Waals surface area contributed by atoms with Crippen LogP contribution in [0.3, 0.4) is 0 Å². The SMILES string of the molecule is CCCC(NC(=O)Cc1cc(F)cc(F)c1)C(=O)Nc1nnc(C(C)(C)CCNC(C)(C)C)s1.O=CO. The number of carboxylic acid groups (broad SMARTS) is 1. The number of hydrogen-bond acceptors (Lipinski definition) is 7. The summed E-state index contributed by atoms with van der Waals surface area (Å²) in [5.74, 6) is -2.41. The second-order valence-electron chi connectivity index (χ2n) is 10.2. The van der Waals surface area contributed by atoms with Crippen LogP contribution in [0.5, 0.6) is 0 Å². The minimum Gasteiger partial charge on any atom is -0.483 e. The van der Waals surface area contributed by atoms with Gasteiger partial charge in [0.05, 0.1) is 6.42 Å². The summed E-state index contributed by atoms with van der Waals surface area (Å²) in [6.07, 6.45) is 1.68. The fourth-order valence-electron chi connectivity index (χ4n) is 3.30. The highest BCUT2D eigenvalue weighted by Crippen LogP contribution is 2.31. The molecule has 0 spiro atoms. The van der Waals surface area contributed by atoms with E-state index in [2.05, 4.69) is 60.8 Å². The summed E-state index contributed by atoms with van der Waals surface area (Å²) in [6, 6.07) is 2.14. The van der Waals surface area contributed by atoms with Gasteiger partial charge < -0.3 is 15.7 Å². The molecule has 0 saturated carbocycles. The largest absolute Gasteiger partial charge is 0.483 e. The summed E-state index contributed by atoms with van der Waals surface area (Å²) >= 11 is 1.31. The number of anilines is 1. The van der Waals surface area contributed by atoms with E-state index in [1.165, 1.54) is 11.3 Å². The topological polar surface area (TPSA) is 133 Å². The van der Waals surface area contributed by atoms with Gasteiger partial charge in [0.1, 0.15) is 22.7 Å². The first-order valence-electron chi connectivity index (χ1n) is 11.9. The molecule has 1 atom stereocenters. The molecule has 0 aliphatic carbocycles. The minimum atomic E-state index is -0.799. The van der Waals surface area contributed by atoms with Crippen LogP contribution in [0.2, 0.25) is 0 Å². The van der Waals surface area contributed by atoms with Crippen molar-refractivity contribution in [2.24, 2.45) is 0 Å². The lowest BCUT2D eigenvalue weighted by atomic mass is 9.90. The van der Waals surface area contributed by atoms with Crippen LogP contribution in [0.4, 0.5) is 13.9 Å². The van der Waals surface area contributed by atoms with Crippen LogP contribution < -0.4 is 16.0 Å². The lowest BCUT2D eigenvalue weighted by Crippen LogP contribution is -2.44. The fraction of sp³-hybridized carbons (Fsp3) is 0.560. The molecule has 0 aliphatic rings. The van der Waals surface area contributed by atoms with E-state index in [0.29, 0.717) is 18.0 Å². The number of carbonyl (C=O) groups excluding carboxylic acids is 2. The molecule has 9 nitrogen and oxygen atoms in total. The number of rotatable bonds is 11. The summed E-state index contributed by atoms with van der Waals surface area (Å²) < 4.78 is 26.8. The van der Waals surface area contributed by atoms with E-state index in [4.69, 9.17) is 9.90 Å². The summed E-state index contributed by atoms with van der Waals surface area (Å²) in [4.78, 5) is 33.6. The van der Waals surface area contributed by atoms with E-state index in [1.807, 2.05) is 6.92 Å². The highest BCUT2D eigenvalue weighted by atomic mass is 32.1. The lowest BCUT2D eigenvalue weighted by molar-refractivity contribution is -0.126. The zero-order valence-electron chi connectivity index (χ0n) is 22.2. The van der Waals surface area contributed by atoms with E-state index in [1.54, 1.807) is 0 Å². The molecule has 2 amide bonds. The molecule has 0 fully saturated rings. The fourth-order valence-corrected chi connectivity index (χ4v) is 4.17. The normalized spacial score (nSPS) is 12.2. The molecular weight excluding hydrogens is 504 g/mol. The van der Waals surface area contributed by atoms with Gasteiger partial charge in [-0.05, 0) is 57.9 Å². The van der Waals surface area contributed by atoms with Gasteiger partial charge in [-0.2, -0.15) is 0 Å². The third kappa shape index (κ3) is 12.2. The molecule has 12 heteroatoms. The highest BCUT2D eigenvalue weighted by Gasteiger charge is 2.27. The maximum atomic E-state index is 13.4. The zero-order valence-corrected chi connectivity index (χ0v) is 23.0. The van der Waals surface area contributed by atoms with Crippen LogP contribution in [0.25, 0.3) is 0 Å². The summed E-state index contributed by atoms with van der Waals surface area (Å²) in [5, 5.41) is 25.3. The molecule has 0 aliphatic heterocycles. The Bertz CT molecular complexity index is 1020. The van der Waals surface area contributed by atoms with Crippen molar-refractivity contribution in [2.75, 3.05) is 11.9 Å². The Labute approximate surface area is 220 Å². The molecule has 2 aromatic rings. The predicted molar refractivity (Wildman–Crippen MR) is 140 cm³/mol. The first-order chi connectivity index (χ1) is 17.2. The molecule has 1 aromatic heterocycles. The van der Waals surface area contributed by atoms with Crippen LogP contribution in [0.1, 0.15) is 71.4 Å². The Morgan fingerprint density at radius 1 is 1.11 bits per heavy atom. The maximum absolute atomic E-state index is 13.4. The van der Waals surface area contributed by atoms with Gasteiger partial charge in [0.2, 0.25) is 16.9 Å². The first kappa shape index (κ1) is 32.0. The molecule has 0 bridgehead atoms. The quantitative estimate of drug-likeness (QED) is 0.316. The molecule has 1 aromatic carbocycles. The van der Waals surface area contributed by atoms with Gasteiger partial charge in [0.25, 0.3) is 6.47 Å². The molecule has 4 N–H and O–H groups in total. The van der Waals surface area contributed by atoms with Crippen molar-refractivity contribution in [1.82, 2.24) is 20.8 Å². The number of hydrogen-bond donors (Lipinski definition) is 4. The van der Waals surface area contributed by atoms with Crippen LogP contribution >= 0.6 is 11.3 Å². The average Bonchev–Trinajstić information content (AvgIpc) is 3.21. The summed E-state index contributed by atoms with van der Waals surface area (Å²) in [6.45, 7) is 13.0. The highest BCUT2D eigenvalue weighted by molar-refractivity contribution is 7.15. The average molecular weight is 542 g/mol. The molecular formula is C25H37F2N5O4S. The molecule has 1 heterocycles. The Kier molecular flexibility index (Phi) is 12.7. The van der Waals surface area contributed by atoms with Crippen LogP contribution in [-0.2, 0) is 26.2 Å². The van der Waals surface area contributed by atoms with Crippen molar-refractivity contribution in [3.63, 3.8) is 0 Å². The second kappa shape index (κ2) is 14.7. The van der Waals surface area contributed by atoms with E-state index in [-0.39, 0.29) is 29.4 Å². The van der Waals surface area contributed by atoms with Crippen LogP contribution in [-0.4, -0.2) is 51.7 Å². The number of amides is 2. The molecule has 37 heavy (non-hydrogen) atoms. The summed E-state index contributed by atoms with van der Waals surface area (Å²) in [7, 11) is 0. The monoisotopic (exact) mass is 541 g/mol. The number of nitrogens with one attached hydrogen (secondary N) is 3. The van der Waals surface area contributed by atoms with Gasteiger partial charge in [-0.15, -0.1) is 10.2 Å². The van der Waals surface area contributed by atoms with E-state index in [9.17, 15) is 18.4 Å². The molecule has 206 valence electrons. The van der Waals surface area contributed by atoms with Crippen molar-refractivity contribution in [2.45, 2.75) is 84.2 Å². The number of aromatic nitrogens is 2. The molecule has 2 rings (SSSR count). The van der Waals surface area contributed by atoms with Gasteiger partial charge in [-0.3, -0.25) is 19.7 Å². The van der Waals surface area contributed by atoms with Gasteiger partial charge in [0, 0.05) is 17.0 Å². The Morgan fingerprint density at radius 2 is 1.70 bits per heavy atom. The Morgan fingerprint density at radius 3 is 2.24 bits per heavy atom. The van der Waals surface area contributed by atoms with Crippen LogP contribution in [0.15, 0.2) is 18.2 Å². The zero-order chi connectivity index (χ0) is 28.2. The van der Waals surface area contributed by atoms with Crippen LogP contribution in [0, 0.1) is 11.6 Å². The van der Waals surface area contributed by atoms with Gasteiger partial charge >= 0.3 is 0 Å². The van der Waals surface area contributed by atoms with Gasteiger partial charge in [0.15, 0.2) is 0 Å². The van der Waals surface area contributed by atoms with Crippen molar-refractivity contribution >= 4 is 34.8 Å². The predicted octanol–water partition coefficient (Wildman–Crippen LogP) is 4.04.